The van der Waals surface area contributed by atoms with Gasteiger partial charge in [0, 0.05) is 31.7 Å². The fourth-order valence-corrected chi connectivity index (χ4v) is 3.03. The predicted octanol–water partition coefficient (Wildman–Crippen LogP) is 2.06. The molecule has 2 rings (SSSR count). The number of likely N-dealkylation sites (N-methyl/N-ethyl adjacent to an activating group) is 1. The Balaban J connectivity index is 1.87. The molecular formula is C19H30BrN5O. The molecule has 1 aromatic rings. The van der Waals surface area contributed by atoms with Crippen LogP contribution in [0.1, 0.15) is 24.8 Å². The Bertz CT molecular complexity index is 582. The van der Waals surface area contributed by atoms with Gasteiger partial charge in [-0.15, -0.1) is 0 Å². The number of piperidine rings is 1. The molecule has 0 radical (unpaired) electrons. The molecule has 1 heterocycles. The number of hydrogen-bond donors (Lipinski definition) is 2. The summed E-state index contributed by atoms with van der Waals surface area (Å²) in [6, 6.07) is 8.11. The van der Waals surface area contributed by atoms with E-state index in [4.69, 9.17) is 0 Å². The summed E-state index contributed by atoms with van der Waals surface area (Å²) in [7, 11) is 3.51. The highest BCUT2D eigenvalue weighted by molar-refractivity contribution is 9.10. The molecule has 6 nitrogen and oxygen atoms in total. The summed E-state index contributed by atoms with van der Waals surface area (Å²) in [6.07, 6.45) is 3.93. The first-order valence-electron chi connectivity index (χ1n) is 9.24. The molecule has 1 aliphatic heterocycles. The number of hydrogen-bond acceptors (Lipinski definition) is 3. The summed E-state index contributed by atoms with van der Waals surface area (Å²) in [5.74, 6) is 0.708. The highest BCUT2D eigenvalue weighted by Gasteiger charge is 2.10. The molecule has 26 heavy (non-hydrogen) atoms. The van der Waals surface area contributed by atoms with Gasteiger partial charge in [0.25, 0.3) is 0 Å². The van der Waals surface area contributed by atoms with Gasteiger partial charge in [-0.05, 0) is 43.6 Å². The lowest BCUT2D eigenvalue weighted by atomic mass is 10.1. The largest absolute Gasteiger partial charge is 0.355 e. The Morgan fingerprint density at radius 2 is 1.85 bits per heavy atom. The summed E-state index contributed by atoms with van der Waals surface area (Å²) in [5, 5.41) is 6.50. The Kier molecular flexibility index (Phi) is 8.91. The maximum Gasteiger partial charge on any atom is 0.241 e. The van der Waals surface area contributed by atoms with Crippen LogP contribution in [-0.4, -0.2) is 68.5 Å². The number of guanidine groups is 1. The lowest BCUT2D eigenvalue weighted by molar-refractivity contribution is -0.127. The number of nitrogens with zero attached hydrogens (tertiary/aromatic N) is 3. The van der Waals surface area contributed by atoms with Gasteiger partial charge < -0.3 is 20.4 Å². The molecule has 2 N–H and O–H groups in total. The molecule has 0 atom stereocenters. The summed E-state index contributed by atoms with van der Waals surface area (Å²) in [6.45, 7) is 4.99. The van der Waals surface area contributed by atoms with E-state index < -0.39 is 0 Å². The number of amides is 1. The van der Waals surface area contributed by atoms with E-state index in [-0.39, 0.29) is 12.5 Å². The van der Waals surface area contributed by atoms with Crippen molar-refractivity contribution in [3.63, 3.8) is 0 Å². The van der Waals surface area contributed by atoms with Crippen LogP contribution in [-0.2, 0) is 11.3 Å². The molecule has 1 aromatic carbocycles. The predicted molar refractivity (Wildman–Crippen MR) is 110 cm³/mol. The van der Waals surface area contributed by atoms with E-state index in [1.54, 1.807) is 19.0 Å². The quantitative estimate of drug-likeness (QED) is 0.520. The number of carbonyl (C=O) groups excluding carboxylic acids is 1. The first-order valence-corrected chi connectivity index (χ1v) is 10.0. The Morgan fingerprint density at radius 3 is 2.50 bits per heavy atom. The van der Waals surface area contributed by atoms with Crippen molar-refractivity contribution < 1.29 is 4.79 Å². The zero-order valence-electron chi connectivity index (χ0n) is 15.8. The Labute approximate surface area is 165 Å². The van der Waals surface area contributed by atoms with Crippen LogP contribution in [0.2, 0.25) is 0 Å². The van der Waals surface area contributed by atoms with E-state index in [9.17, 15) is 4.79 Å². The molecule has 1 saturated heterocycles. The summed E-state index contributed by atoms with van der Waals surface area (Å²) < 4.78 is 1.06. The highest BCUT2D eigenvalue weighted by atomic mass is 79.9. The topological polar surface area (TPSA) is 60.0 Å². The first-order chi connectivity index (χ1) is 12.5. The average molecular weight is 424 g/mol. The van der Waals surface area contributed by atoms with Crippen molar-refractivity contribution in [3.05, 3.63) is 34.3 Å². The fourth-order valence-electron chi connectivity index (χ4n) is 2.77. The van der Waals surface area contributed by atoms with Crippen molar-refractivity contribution in [3.8, 4) is 0 Å². The Hall–Kier alpha value is -1.60. The van der Waals surface area contributed by atoms with Gasteiger partial charge in [0.1, 0.15) is 0 Å². The number of nitrogens with one attached hydrogen (secondary N) is 2. The lowest BCUT2D eigenvalue weighted by Crippen LogP contribution is -2.45. The van der Waals surface area contributed by atoms with Gasteiger partial charge in [-0.3, -0.25) is 4.79 Å². The molecule has 7 heteroatoms. The molecular weight excluding hydrogens is 394 g/mol. The van der Waals surface area contributed by atoms with E-state index in [1.165, 1.54) is 32.4 Å². The molecule has 0 aromatic heterocycles. The standard InChI is InChI=1S/C19H30BrN5O/c1-24(2)18(26)15-23-19(21-10-13-25-11-4-3-5-12-25)22-14-16-6-8-17(20)9-7-16/h6-9H,3-5,10-15H2,1-2H3,(H2,21,22,23). The number of benzene rings is 1. The van der Waals surface area contributed by atoms with E-state index in [0.717, 1.165) is 23.1 Å². The fraction of sp³-hybridized carbons (Fsp3) is 0.579. The van der Waals surface area contributed by atoms with Crippen LogP contribution in [0, 0.1) is 0 Å². The average Bonchev–Trinajstić information content (AvgIpc) is 2.65. The van der Waals surface area contributed by atoms with Gasteiger partial charge in [0.05, 0.1) is 13.1 Å². The molecule has 0 unspecified atom stereocenters. The highest BCUT2D eigenvalue weighted by Crippen LogP contribution is 2.11. The molecule has 1 fully saturated rings. The maximum absolute atomic E-state index is 11.8. The van der Waals surface area contributed by atoms with E-state index >= 15 is 0 Å². The van der Waals surface area contributed by atoms with E-state index in [1.807, 2.05) is 24.3 Å². The number of aliphatic imine (C=N–C) groups is 1. The molecule has 0 spiro atoms. The second-order valence-electron chi connectivity index (χ2n) is 6.76. The van der Waals surface area contributed by atoms with E-state index in [2.05, 4.69) is 36.5 Å². The molecule has 1 amide bonds. The third-order valence-corrected chi connectivity index (χ3v) is 4.94. The monoisotopic (exact) mass is 423 g/mol. The lowest BCUT2D eigenvalue weighted by Gasteiger charge is -2.26. The van der Waals surface area contributed by atoms with Crippen molar-refractivity contribution in [1.29, 1.82) is 0 Å². The summed E-state index contributed by atoms with van der Waals surface area (Å²) >= 11 is 3.44. The third kappa shape index (κ3) is 7.74. The molecule has 1 aliphatic rings. The van der Waals surface area contributed by atoms with Crippen LogP contribution in [0.4, 0.5) is 0 Å². The zero-order valence-corrected chi connectivity index (χ0v) is 17.4. The second kappa shape index (κ2) is 11.2. The van der Waals surface area contributed by atoms with Crippen molar-refractivity contribution in [2.45, 2.75) is 25.8 Å². The number of carbonyl (C=O) groups is 1. The minimum atomic E-state index is 0.0270. The smallest absolute Gasteiger partial charge is 0.241 e. The Morgan fingerprint density at radius 1 is 1.15 bits per heavy atom. The first kappa shape index (κ1) is 20.7. The number of rotatable bonds is 7. The molecule has 0 saturated carbocycles. The second-order valence-corrected chi connectivity index (χ2v) is 7.68. The van der Waals surface area contributed by atoms with Gasteiger partial charge >= 0.3 is 0 Å². The minimum Gasteiger partial charge on any atom is -0.355 e. The van der Waals surface area contributed by atoms with Crippen molar-refractivity contribution in [2.75, 3.05) is 46.8 Å². The maximum atomic E-state index is 11.8. The molecule has 0 aliphatic carbocycles. The van der Waals surface area contributed by atoms with Crippen LogP contribution >= 0.6 is 15.9 Å². The van der Waals surface area contributed by atoms with Gasteiger partial charge in [-0.2, -0.15) is 0 Å². The normalized spacial score (nSPS) is 15.6. The summed E-state index contributed by atoms with van der Waals surface area (Å²) in [5.41, 5.74) is 1.13. The van der Waals surface area contributed by atoms with Crippen molar-refractivity contribution >= 4 is 27.8 Å². The van der Waals surface area contributed by atoms with Gasteiger partial charge in [-0.1, -0.05) is 34.5 Å². The molecule has 144 valence electrons. The van der Waals surface area contributed by atoms with Crippen LogP contribution in [0.25, 0.3) is 0 Å². The zero-order chi connectivity index (χ0) is 18.8. The van der Waals surface area contributed by atoms with Crippen LogP contribution in [0.15, 0.2) is 33.7 Å². The van der Waals surface area contributed by atoms with Crippen LogP contribution < -0.4 is 10.6 Å². The summed E-state index contributed by atoms with van der Waals surface area (Å²) in [4.78, 5) is 20.5. The molecule has 0 bridgehead atoms. The van der Waals surface area contributed by atoms with Gasteiger partial charge in [0.2, 0.25) is 5.91 Å². The van der Waals surface area contributed by atoms with Gasteiger partial charge in [-0.25, -0.2) is 4.99 Å². The SMILES string of the molecule is CN(C)C(=O)CNC(=NCc1ccc(Br)cc1)NCCN1CCCCC1. The van der Waals surface area contributed by atoms with Crippen LogP contribution in [0.5, 0.6) is 0 Å². The van der Waals surface area contributed by atoms with Crippen molar-refractivity contribution in [1.82, 2.24) is 20.4 Å². The third-order valence-electron chi connectivity index (χ3n) is 4.41. The van der Waals surface area contributed by atoms with E-state index in [0.29, 0.717) is 12.5 Å². The van der Waals surface area contributed by atoms with Crippen molar-refractivity contribution in [2.24, 2.45) is 4.99 Å². The van der Waals surface area contributed by atoms with Crippen LogP contribution in [0.3, 0.4) is 0 Å². The minimum absolute atomic E-state index is 0.0270. The van der Waals surface area contributed by atoms with Gasteiger partial charge in [0.15, 0.2) is 5.96 Å². The number of halogens is 1. The number of likely N-dealkylation sites (tertiary alicyclic amines) is 1.